The Bertz CT molecular complexity index is 900. The highest BCUT2D eigenvalue weighted by atomic mass is 35.5. The van der Waals surface area contributed by atoms with E-state index in [-0.39, 0.29) is 5.91 Å². The topological polar surface area (TPSA) is 38.3 Å². The maximum atomic E-state index is 12.6. The molecule has 0 unspecified atom stereocenters. The second kappa shape index (κ2) is 10.2. The number of anilines is 1. The monoisotopic (exact) mass is 411 g/mol. The number of halogens is 1. The number of nitrogens with one attached hydrogen (secondary N) is 1. The van der Waals surface area contributed by atoms with Crippen molar-refractivity contribution in [2.24, 2.45) is 0 Å². The highest BCUT2D eigenvalue weighted by molar-refractivity contribution is 7.98. The molecule has 144 valence electrons. The van der Waals surface area contributed by atoms with Crippen LogP contribution < -0.4 is 10.1 Å². The highest BCUT2D eigenvalue weighted by Crippen LogP contribution is 2.23. The van der Waals surface area contributed by atoms with Gasteiger partial charge in [-0.15, -0.1) is 11.8 Å². The van der Waals surface area contributed by atoms with Gasteiger partial charge < -0.3 is 10.1 Å². The van der Waals surface area contributed by atoms with Crippen molar-refractivity contribution in [2.75, 3.05) is 5.32 Å². The van der Waals surface area contributed by atoms with Gasteiger partial charge in [0.25, 0.3) is 5.91 Å². The molecule has 0 aliphatic heterocycles. The summed E-state index contributed by atoms with van der Waals surface area (Å²) in [7, 11) is 0. The fourth-order valence-corrected chi connectivity index (χ4v) is 3.67. The number of thioether (sulfide) groups is 1. The van der Waals surface area contributed by atoms with Gasteiger partial charge in [-0.2, -0.15) is 0 Å². The van der Waals surface area contributed by atoms with E-state index in [4.69, 9.17) is 16.3 Å². The van der Waals surface area contributed by atoms with Gasteiger partial charge in [-0.3, -0.25) is 4.79 Å². The predicted molar refractivity (Wildman–Crippen MR) is 117 cm³/mol. The van der Waals surface area contributed by atoms with Crippen molar-refractivity contribution < 1.29 is 9.53 Å². The Morgan fingerprint density at radius 1 is 1.04 bits per heavy atom. The molecule has 3 nitrogen and oxygen atoms in total. The second-order valence-electron chi connectivity index (χ2n) is 6.26. The molecule has 1 N–H and O–H groups in total. The minimum atomic E-state index is -0.577. The summed E-state index contributed by atoms with van der Waals surface area (Å²) in [5.74, 6) is 1.30. The average Bonchev–Trinajstić information content (AvgIpc) is 2.72. The van der Waals surface area contributed by atoms with E-state index in [1.807, 2.05) is 49.4 Å². The van der Waals surface area contributed by atoms with Crippen molar-refractivity contribution in [3.8, 4) is 5.75 Å². The Morgan fingerprint density at radius 3 is 2.46 bits per heavy atom. The van der Waals surface area contributed by atoms with Crippen molar-refractivity contribution in [2.45, 2.75) is 30.1 Å². The molecule has 3 aromatic carbocycles. The molecule has 0 heterocycles. The minimum absolute atomic E-state index is 0.172. The van der Waals surface area contributed by atoms with Crippen molar-refractivity contribution in [1.29, 1.82) is 0 Å². The first-order valence-electron chi connectivity index (χ1n) is 9.14. The summed E-state index contributed by atoms with van der Waals surface area (Å²) in [6.07, 6.45) is -0.0174. The van der Waals surface area contributed by atoms with Crippen LogP contribution in [-0.2, 0) is 10.5 Å². The zero-order valence-corrected chi connectivity index (χ0v) is 17.2. The van der Waals surface area contributed by atoms with Crippen molar-refractivity contribution >= 4 is 35.0 Å². The average molecular weight is 412 g/mol. The molecule has 1 atom stereocenters. The minimum Gasteiger partial charge on any atom is -0.481 e. The van der Waals surface area contributed by atoms with Gasteiger partial charge in [0.2, 0.25) is 0 Å². The van der Waals surface area contributed by atoms with Crippen LogP contribution in [0.4, 0.5) is 5.69 Å². The summed E-state index contributed by atoms with van der Waals surface area (Å²) in [5.41, 5.74) is 1.96. The Hall–Kier alpha value is -2.43. The van der Waals surface area contributed by atoms with Gasteiger partial charge in [0, 0.05) is 21.4 Å². The van der Waals surface area contributed by atoms with Gasteiger partial charge in [-0.1, -0.05) is 54.9 Å². The van der Waals surface area contributed by atoms with Crippen LogP contribution >= 0.6 is 23.4 Å². The maximum absolute atomic E-state index is 12.6. The van der Waals surface area contributed by atoms with Gasteiger partial charge in [0.05, 0.1) is 0 Å². The van der Waals surface area contributed by atoms with Gasteiger partial charge in [0.1, 0.15) is 5.75 Å². The molecular weight excluding hydrogens is 390 g/mol. The molecular formula is C23H22ClNO2S. The van der Waals surface area contributed by atoms with E-state index in [2.05, 4.69) is 17.4 Å². The smallest absolute Gasteiger partial charge is 0.265 e. The maximum Gasteiger partial charge on any atom is 0.265 e. The number of rotatable bonds is 8. The highest BCUT2D eigenvalue weighted by Gasteiger charge is 2.18. The lowest BCUT2D eigenvalue weighted by atomic mass is 10.2. The fourth-order valence-electron chi connectivity index (χ4n) is 2.62. The number of ether oxygens (including phenoxy) is 1. The second-order valence-corrected chi connectivity index (χ2v) is 7.75. The molecule has 1 amide bonds. The zero-order chi connectivity index (χ0) is 19.8. The quantitative estimate of drug-likeness (QED) is 0.434. The van der Waals surface area contributed by atoms with Crippen LogP contribution in [0.1, 0.15) is 18.9 Å². The Labute approximate surface area is 175 Å². The molecule has 28 heavy (non-hydrogen) atoms. The standard InChI is InChI=1S/C23H22ClNO2S/c1-2-22(27-20-8-6-7-18(24)15-20)23(26)25-19-13-11-17(12-14-19)16-28-21-9-4-3-5-10-21/h3-15,22H,2,16H2,1H3,(H,25,26)/t22-/m0/s1. The van der Waals surface area contributed by atoms with E-state index < -0.39 is 6.10 Å². The van der Waals surface area contributed by atoms with E-state index in [0.717, 1.165) is 11.4 Å². The Balaban J connectivity index is 1.55. The van der Waals surface area contributed by atoms with Gasteiger partial charge >= 0.3 is 0 Å². The Morgan fingerprint density at radius 2 is 1.79 bits per heavy atom. The number of carbonyl (C=O) groups is 1. The van der Waals surface area contributed by atoms with Crippen LogP contribution in [0.3, 0.4) is 0 Å². The summed E-state index contributed by atoms with van der Waals surface area (Å²) >= 11 is 7.76. The first-order valence-corrected chi connectivity index (χ1v) is 10.5. The molecule has 0 fully saturated rings. The predicted octanol–water partition coefficient (Wildman–Crippen LogP) is 6.43. The molecule has 3 rings (SSSR count). The van der Waals surface area contributed by atoms with Crippen LogP contribution in [0.15, 0.2) is 83.8 Å². The molecule has 0 aromatic heterocycles. The van der Waals surface area contributed by atoms with E-state index in [1.165, 1.54) is 10.5 Å². The van der Waals surface area contributed by atoms with E-state index in [9.17, 15) is 4.79 Å². The van der Waals surface area contributed by atoms with E-state index >= 15 is 0 Å². The van der Waals surface area contributed by atoms with Crippen molar-refractivity contribution in [3.05, 3.63) is 89.4 Å². The number of carbonyl (C=O) groups excluding carboxylic acids is 1. The first kappa shape index (κ1) is 20.3. The van der Waals surface area contributed by atoms with Crippen LogP contribution in [0.25, 0.3) is 0 Å². The molecule has 3 aromatic rings. The number of hydrogen-bond acceptors (Lipinski definition) is 3. The third-order valence-electron chi connectivity index (χ3n) is 4.11. The number of hydrogen-bond donors (Lipinski definition) is 1. The third kappa shape index (κ3) is 6.04. The number of benzene rings is 3. The van der Waals surface area contributed by atoms with Gasteiger partial charge in [0.15, 0.2) is 6.10 Å². The van der Waals surface area contributed by atoms with Crippen LogP contribution in [0.5, 0.6) is 5.75 Å². The fraction of sp³-hybridized carbons (Fsp3) is 0.174. The number of amides is 1. The van der Waals surface area contributed by atoms with Crippen LogP contribution in [0.2, 0.25) is 5.02 Å². The largest absolute Gasteiger partial charge is 0.481 e. The zero-order valence-electron chi connectivity index (χ0n) is 15.6. The first-order chi connectivity index (χ1) is 13.6. The summed E-state index contributed by atoms with van der Waals surface area (Å²) in [6, 6.07) is 25.3. The lowest BCUT2D eigenvalue weighted by molar-refractivity contribution is -0.122. The molecule has 0 spiro atoms. The summed E-state index contributed by atoms with van der Waals surface area (Å²) in [5, 5.41) is 3.51. The molecule has 0 radical (unpaired) electrons. The molecule has 0 bridgehead atoms. The molecule has 0 saturated carbocycles. The third-order valence-corrected chi connectivity index (χ3v) is 5.43. The molecule has 0 aliphatic rings. The molecule has 5 heteroatoms. The van der Waals surface area contributed by atoms with Crippen molar-refractivity contribution in [3.63, 3.8) is 0 Å². The lowest BCUT2D eigenvalue weighted by Gasteiger charge is -2.17. The summed E-state index contributed by atoms with van der Waals surface area (Å²) in [4.78, 5) is 13.8. The Kier molecular flexibility index (Phi) is 7.40. The molecule has 0 aliphatic carbocycles. The summed E-state index contributed by atoms with van der Waals surface area (Å²) in [6.45, 7) is 1.92. The van der Waals surface area contributed by atoms with Gasteiger partial charge in [-0.25, -0.2) is 0 Å². The molecule has 0 saturated heterocycles. The normalized spacial score (nSPS) is 11.6. The van der Waals surface area contributed by atoms with E-state index in [1.54, 1.807) is 36.0 Å². The van der Waals surface area contributed by atoms with Crippen molar-refractivity contribution in [1.82, 2.24) is 0 Å². The lowest BCUT2D eigenvalue weighted by Crippen LogP contribution is -2.32. The summed E-state index contributed by atoms with van der Waals surface area (Å²) < 4.78 is 5.79. The van der Waals surface area contributed by atoms with Crippen LogP contribution in [-0.4, -0.2) is 12.0 Å². The SMILES string of the molecule is CC[C@H](Oc1cccc(Cl)c1)C(=O)Nc1ccc(CSc2ccccc2)cc1. The van der Waals surface area contributed by atoms with E-state index in [0.29, 0.717) is 17.2 Å². The van der Waals surface area contributed by atoms with Crippen LogP contribution in [0, 0.1) is 0 Å². The van der Waals surface area contributed by atoms with Gasteiger partial charge in [-0.05, 0) is 54.4 Å².